The van der Waals surface area contributed by atoms with Gasteiger partial charge in [0.05, 0.1) is 0 Å². The number of aromatic nitrogens is 2. The molecule has 1 saturated carbocycles. The van der Waals surface area contributed by atoms with Crippen molar-refractivity contribution in [2.45, 2.75) is 19.0 Å². The van der Waals surface area contributed by atoms with Crippen LogP contribution in [0.2, 0.25) is 0 Å². The van der Waals surface area contributed by atoms with E-state index in [-0.39, 0.29) is 30.1 Å². The monoisotopic (exact) mass is 342 g/mol. The maximum Gasteiger partial charge on any atom is 0.433 e. The Morgan fingerprint density at radius 2 is 1.88 bits per heavy atom. The number of rotatable bonds is 4. The van der Waals surface area contributed by atoms with Crippen molar-refractivity contribution in [2.75, 3.05) is 36.0 Å². The number of carboxylic acids is 1. The highest BCUT2D eigenvalue weighted by molar-refractivity contribution is 5.68. The van der Waals surface area contributed by atoms with Gasteiger partial charge in [-0.2, -0.15) is 18.2 Å². The Bertz CT molecular complexity index is 665. The van der Waals surface area contributed by atoms with E-state index in [0.717, 1.165) is 12.5 Å². The van der Waals surface area contributed by atoms with Gasteiger partial charge in [0, 0.05) is 38.7 Å². The first kappa shape index (κ1) is 15.5. The molecule has 2 aliphatic heterocycles. The summed E-state index contributed by atoms with van der Waals surface area (Å²) in [6.45, 7) is 2.48. The molecule has 1 aromatic rings. The molecule has 0 spiro atoms. The zero-order chi connectivity index (χ0) is 17.1. The van der Waals surface area contributed by atoms with Crippen molar-refractivity contribution in [2.24, 2.45) is 17.8 Å². The number of anilines is 2. The SMILES string of the molecule is O=C(O)C[C@@H]1[C@H]2CN(c3cc(C(F)(F)F)nc(N4CCC4)n3)C[C@@H]12. The molecular weight excluding hydrogens is 325 g/mol. The summed E-state index contributed by atoms with van der Waals surface area (Å²) < 4.78 is 39.4. The van der Waals surface area contributed by atoms with E-state index in [1.54, 1.807) is 4.90 Å². The fourth-order valence-electron chi connectivity index (χ4n) is 3.73. The number of halogens is 3. The fraction of sp³-hybridized carbons (Fsp3) is 0.667. The van der Waals surface area contributed by atoms with Crippen molar-refractivity contribution in [3.63, 3.8) is 0 Å². The molecule has 2 saturated heterocycles. The van der Waals surface area contributed by atoms with Crippen LogP contribution in [-0.2, 0) is 11.0 Å². The van der Waals surface area contributed by atoms with Gasteiger partial charge >= 0.3 is 12.1 Å². The predicted molar refractivity (Wildman–Crippen MR) is 78.8 cm³/mol. The topological polar surface area (TPSA) is 69.6 Å². The number of carboxylic acid groups (broad SMARTS) is 1. The van der Waals surface area contributed by atoms with Gasteiger partial charge in [0.15, 0.2) is 5.69 Å². The van der Waals surface area contributed by atoms with E-state index in [1.807, 2.05) is 4.90 Å². The number of hydrogen-bond acceptors (Lipinski definition) is 5. The lowest BCUT2D eigenvalue weighted by Gasteiger charge is -2.32. The molecule has 3 atom stereocenters. The van der Waals surface area contributed by atoms with Gasteiger partial charge in [-0.05, 0) is 24.2 Å². The second-order valence-electron chi connectivity index (χ2n) is 6.74. The van der Waals surface area contributed by atoms with E-state index in [4.69, 9.17) is 5.11 Å². The number of alkyl halides is 3. The molecule has 24 heavy (non-hydrogen) atoms. The Morgan fingerprint density at radius 3 is 2.38 bits per heavy atom. The van der Waals surface area contributed by atoms with Crippen LogP contribution < -0.4 is 9.80 Å². The number of nitrogens with zero attached hydrogens (tertiary/aromatic N) is 4. The molecule has 1 aliphatic carbocycles. The number of carbonyl (C=O) groups is 1. The summed E-state index contributed by atoms with van der Waals surface area (Å²) in [7, 11) is 0. The average Bonchev–Trinajstić information content (AvgIpc) is 2.89. The van der Waals surface area contributed by atoms with Crippen molar-refractivity contribution in [1.29, 1.82) is 0 Å². The minimum atomic E-state index is -4.51. The van der Waals surface area contributed by atoms with E-state index in [0.29, 0.717) is 32.0 Å². The third-order valence-electron chi connectivity index (χ3n) is 5.24. The first-order valence-corrected chi connectivity index (χ1v) is 8.01. The number of aliphatic carboxylic acids is 1. The molecule has 1 N–H and O–H groups in total. The lowest BCUT2D eigenvalue weighted by atomic mass is 10.2. The van der Waals surface area contributed by atoms with Gasteiger partial charge < -0.3 is 14.9 Å². The van der Waals surface area contributed by atoms with E-state index < -0.39 is 17.8 Å². The lowest BCUT2D eigenvalue weighted by molar-refractivity contribution is -0.141. The summed E-state index contributed by atoms with van der Waals surface area (Å²) in [4.78, 5) is 22.3. The predicted octanol–water partition coefficient (Wildman–Crippen LogP) is 1.86. The van der Waals surface area contributed by atoms with Crippen LogP contribution in [0.4, 0.5) is 24.9 Å². The van der Waals surface area contributed by atoms with Gasteiger partial charge in [0.2, 0.25) is 5.95 Å². The first-order chi connectivity index (χ1) is 11.3. The summed E-state index contributed by atoms with van der Waals surface area (Å²) in [6.07, 6.45) is -3.44. The van der Waals surface area contributed by atoms with E-state index in [1.165, 1.54) is 0 Å². The summed E-state index contributed by atoms with van der Waals surface area (Å²) >= 11 is 0. The molecule has 0 radical (unpaired) electrons. The second kappa shape index (κ2) is 5.22. The zero-order valence-electron chi connectivity index (χ0n) is 12.8. The molecule has 9 heteroatoms. The molecule has 0 bridgehead atoms. The minimum absolute atomic E-state index is 0.133. The fourth-order valence-corrected chi connectivity index (χ4v) is 3.73. The largest absolute Gasteiger partial charge is 0.481 e. The van der Waals surface area contributed by atoms with Gasteiger partial charge in [-0.15, -0.1) is 0 Å². The van der Waals surface area contributed by atoms with Crippen LogP contribution in [0.1, 0.15) is 18.5 Å². The molecular formula is C15H17F3N4O2. The van der Waals surface area contributed by atoms with Crippen LogP contribution in [0, 0.1) is 17.8 Å². The van der Waals surface area contributed by atoms with Crippen molar-refractivity contribution in [1.82, 2.24) is 9.97 Å². The summed E-state index contributed by atoms with van der Waals surface area (Å²) in [5.41, 5.74) is -0.919. The average molecular weight is 342 g/mol. The van der Waals surface area contributed by atoms with Crippen molar-refractivity contribution >= 4 is 17.7 Å². The number of fused-ring (bicyclic) bond motifs is 1. The third kappa shape index (κ3) is 2.65. The Morgan fingerprint density at radius 1 is 1.21 bits per heavy atom. The Labute approximate surface area is 136 Å². The highest BCUT2D eigenvalue weighted by atomic mass is 19.4. The van der Waals surface area contributed by atoms with Gasteiger partial charge in [-0.3, -0.25) is 4.79 Å². The van der Waals surface area contributed by atoms with Gasteiger partial charge in [-0.1, -0.05) is 0 Å². The van der Waals surface area contributed by atoms with E-state index in [9.17, 15) is 18.0 Å². The molecule has 1 aromatic heterocycles. The van der Waals surface area contributed by atoms with Crippen LogP contribution >= 0.6 is 0 Å². The minimum Gasteiger partial charge on any atom is -0.481 e. The van der Waals surface area contributed by atoms with Gasteiger partial charge in [0.1, 0.15) is 5.82 Å². The molecule has 6 nitrogen and oxygen atoms in total. The maximum atomic E-state index is 13.1. The van der Waals surface area contributed by atoms with Gasteiger partial charge in [-0.25, -0.2) is 4.98 Å². The molecule has 3 fully saturated rings. The highest BCUT2D eigenvalue weighted by Crippen LogP contribution is 2.54. The number of piperidine rings is 1. The quantitative estimate of drug-likeness (QED) is 0.901. The highest BCUT2D eigenvalue weighted by Gasteiger charge is 2.56. The van der Waals surface area contributed by atoms with Crippen molar-refractivity contribution in [3.8, 4) is 0 Å². The van der Waals surface area contributed by atoms with Gasteiger partial charge in [0.25, 0.3) is 0 Å². The molecule has 130 valence electrons. The molecule has 3 heterocycles. The smallest absolute Gasteiger partial charge is 0.433 e. The zero-order valence-corrected chi connectivity index (χ0v) is 12.8. The molecule has 3 aliphatic rings. The molecule has 0 unspecified atom stereocenters. The summed E-state index contributed by atoms with van der Waals surface area (Å²) in [6, 6.07) is 1.00. The maximum absolute atomic E-state index is 13.1. The lowest BCUT2D eigenvalue weighted by Crippen LogP contribution is -2.39. The molecule has 0 aromatic carbocycles. The third-order valence-corrected chi connectivity index (χ3v) is 5.24. The second-order valence-corrected chi connectivity index (χ2v) is 6.74. The van der Waals surface area contributed by atoms with E-state index in [2.05, 4.69) is 9.97 Å². The Hall–Kier alpha value is -2.06. The summed E-state index contributed by atoms with van der Waals surface area (Å²) in [5.74, 6) is 0.255. The summed E-state index contributed by atoms with van der Waals surface area (Å²) in [5, 5.41) is 8.85. The van der Waals surface area contributed by atoms with Crippen molar-refractivity contribution in [3.05, 3.63) is 11.8 Å². The van der Waals surface area contributed by atoms with Crippen LogP contribution in [0.15, 0.2) is 6.07 Å². The van der Waals surface area contributed by atoms with Crippen LogP contribution in [0.25, 0.3) is 0 Å². The number of hydrogen-bond donors (Lipinski definition) is 1. The van der Waals surface area contributed by atoms with Crippen LogP contribution in [0.3, 0.4) is 0 Å². The first-order valence-electron chi connectivity index (χ1n) is 8.01. The molecule has 0 amide bonds. The normalized spacial score (nSPS) is 28.5. The standard InChI is InChI=1S/C15H17F3N4O2/c16-15(17,18)11-5-12(20-14(19-11)21-2-1-3-21)22-6-9-8(4-13(23)24)10(9)7-22/h5,8-10H,1-4,6-7H2,(H,23,24)/t8-,9-,10+. The van der Waals surface area contributed by atoms with Crippen LogP contribution in [-0.4, -0.2) is 47.2 Å². The Kier molecular flexibility index (Phi) is 3.36. The van der Waals surface area contributed by atoms with Crippen LogP contribution in [0.5, 0.6) is 0 Å². The van der Waals surface area contributed by atoms with Crippen molar-refractivity contribution < 1.29 is 23.1 Å². The Balaban J connectivity index is 1.54. The molecule has 4 rings (SSSR count). The van der Waals surface area contributed by atoms with E-state index >= 15 is 0 Å².